The summed E-state index contributed by atoms with van der Waals surface area (Å²) in [7, 11) is 0. The molecule has 2 nitrogen and oxygen atoms in total. The van der Waals surface area contributed by atoms with Gasteiger partial charge >= 0.3 is 0 Å². The second-order valence-corrected chi connectivity index (χ2v) is 7.80. The molecule has 0 fully saturated rings. The van der Waals surface area contributed by atoms with Crippen LogP contribution >= 0.6 is 50.7 Å². The van der Waals surface area contributed by atoms with Crippen LogP contribution in [-0.2, 0) is 13.2 Å². The lowest BCUT2D eigenvalue weighted by atomic mass is 10.2. The zero-order valence-electron chi connectivity index (χ0n) is 13.6. The van der Waals surface area contributed by atoms with Crippen LogP contribution in [0.2, 0.25) is 15.1 Å². The van der Waals surface area contributed by atoms with E-state index in [0.717, 1.165) is 21.3 Å². The van der Waals surface area contributed by atoms with E-state index >= 15 is 0 Å². The Morgan fingerprint density at radius 3 is 2.19 bits per heavy atom. The molecule has 0 aliphatic rings. The van der Waals surface area contributed by atoms with Gasteiger partial charge in [0.05, 0.1) is 15.1 Å². The lowest BCUT2D eigenvalue weighted by Gasteiger charge is -2.11. The summed E-state index contributed by atoms with van der Waals surface area (Å²) in [6.45, 7) is 1.08. The summed E-state index contributed by atoms with van der Waals surface area (Å²) in [5.74, 6) is 0.660. The highest BCUT2D eigenvalue weighted by molar-refractivity contribution is 9.10. The molecular formula is C20H15BrCl3NO. The maximum atomic E-state index is 6.35. The highest BCUT2D eigenvalue weighted by Crippen LogP contribution is 2.28. The van der Waals surface area contributed by atoms with Crippen LogP contribution in [0.25, 0.3) is 0 Å². The van der Waals surface area contributed by atoms with Crippen LogP contribution in [0.4, 0.5) is 5.69 Å². The zero-order chi connectivity index (χ0) is 18.5. The molecule has 26 heavy (non-hydrogen) atoms. The fraction of sp³-hybridized carbons (Fsp3) is 0.100. The first-order chi connectivity index (χ1) is 12.5. The first-order valence-corrected chi connectivity index (χ1v) is 9.78. The predicted octanol–water partition coefficient (Wildman–Crippen LogP) is 7.60. The molecule has 3 aromatic carbocycles. The topological polar surface area (TPSA) is 21.3 Å². The van der Waals surface area contributed by atoms with E-state index < -0.39 is 0 Å². The van der Waals surface area contributed by atoms with Crippen molar-refractivity contribution in [3.63, 3.8) is 0 Å². The zero-order valence-corrected chi connectivity index (χ0v) is 17.5. The molecule has 0 atom stereocenters. The van der Waals surface area contributed by atoms with Crippen LogP contribution < -0.4 is 10.1 Å². The summed E-state index contributed by atoms with van der Waals surface area (Å²) in [4.78, 5) is 0. The fourth-order valence-corrected chi connectivity index (χ4v) is 3.14. The van der Waals surface area contributed by atoms with E-state index in [1.165, 1.54) is 0 Å². The van der Waals surface area contributed by atoms with Crippen LogP contribution in [0.5, 0.6) is 5.75 Å². The Kier molecular flexibility index (Phi) is 6.71. The second kappa shape index (κ2) is 9.01. The number of anilines is 1. The monoisotopic (exact) mass is 469 g/mol. The van der Waals surface area contributed by atoms with Gasteiger partial charge in [0.25, 0.3) is 0 Å². The van der Waals surface area contributed by atoms with E-state index in [9.17, 15) is 0 Å². The number of benzene rings is 3. The van der Waals surface area contributed by atoms with Crippen molar-refractivity contribution in [1.29, 1.82) is 0 Å². The molecule has 0 aliphatic heterocycles. The van der Waals surface area contributed by atoms with Crippen molar-refractivity contribution in [3.8, 4) is 5.75 Å². The molecule has 0 amide bonds. The van der Waals surface area contributed by atoms with Gasteiger partial charge in [0.15, 0.2) is 0 Å². The Morgan fingerprint density at radius 2 is 1.50 bits per heavy atom. The molecule has 1 N–H and O–H groups in total. The van der Waals surface area contributed by atoms with E-state index in [0.29, 0.717) is 34.0 Å². The third-order valence-corrected chi connectivity index (χ3v) is 5.28. The number of halogens is 4. The van der Waals surface area contributed by atoms with Crippen LogP contribution in [0, 0.1) is 0 Å². The fourth-order valence-electron chi connectivity index (χ4n) is 2.32. The van der Waals surface area contributed by atoms with Crippen molar-refractivity contribution >= 4 is 56.4 Å². The smallest absolute Gasteiger partial charge is 0.138 e. The van der Waals surface area contributed by atoms with Crippen LogP contribution in [0.15, 0.2) is 65.1 Å². The minimum Gasteiger partial charge on any atom is -0.487 e. The molecule has 0 saturated carbocycles. The Labute approximate surface area is 176 Å². The quantitative estimate of drug-likeness (QED) is 0.400. The molecule has 3 rings (SSSR count). The van der Waals surface area contributed by atoms with E-state index in [2.05, 4.69) is 21.2 Å². The minimum atomic E-state index is 0.466. The van der Waals surface area contributed by atoms with Gasteiger partial charge in [0, 0.05) is 16.7 Å². The number of rotatable bonds is 6. The van der Waals surface area contributed by atoms with Crippen LogP contribution in [-0.4, -0.2) is 0 Å². The van der Waals surface area contributed by atoms with Gasteiger partial charge in [-0.25, -0.2) is 0 Å². The Balaban J connectivity index is 1.59. The van der Waals surface area contributed by atoms with E-state index in [-0.39, 0.29) is 0 Å². The Bertz CT molecular complexity index is 900. The lowest BCUT2D eigenvalue weighted by molar-refractivity contribution is 0.306. The van der Waals surface area contributed by atoms with Crippen molar-refractivity contribution in [1.82, 2.24) is 0 Å². The van der Waals surface area contributed by atoms with Gasteiger partial charge in [-0.05, 0) is 53.6 Å². The summed E-state index contributed by atoms with van der Waals surface area (Å²) in [6, 6.07) is 19.2. The van der Waals surface area contributed by atoms with Gasteiger partial charge in [-0.3, -0.25) is 0 Å². The molecule has 0 aromatic heterocycles. The van der Waals surface area contributed by atoms with Gasteiger partial charge in [-0.1, -0.05) is 68.9 Å². The number of ether oxygens (including phenoxy) is 1. The first-order valence-electron chi connectivity index (χ1n) is 7.86. The SMILES string of the molecule is Clc1ccc(NCc2ccc(OCc3ccc(Br)cc3)c(Cl)c2)cc1Cl. The third kappa shape index (κ3) is 5.31. The first kappa shape index (κ1) is 19.4. The molecule has 6 heteroatoms. The van der Waals surface area contributed by atoms with Crippen molar-refractivity contribution in [2.45, 2.75) is 13.2 Å². The summed E-state index contributed by atoms with van der Waals surface area (Å²) in [6.07, 6.45) is 0. The average molecular weight is 472 g/mol. The summed E-state index contributed by atoms with van der Waals surface area (Å²) >= 11 is 21.7. The summed E-state index contributed by atoms with van der Waals surface area (Å²) < 4.78 is 6.85. The van der Waals surface area contributed by atoms with Crippen LogP contribution in [0.1, 0.15) is 11.1 Å². The predicted molar refractivity (Wildman–Crippen MR) is 114 cm³/mol. The highest BCUT2D eigenvalue weighted by Gasteiger charge is 2.05. The van der Waals surface area contributed by atoms with Crippen molar-refractivity contribution in [2.75, 3.05) is 5.32 Å². The standard InChI is InChI=1S/C20H15BrCl3NO/c21-15-4-1-13(2-5-15)12-26-20-8-3-14(9-19(20)24)11-25-16-6-7-17(22)18(23)10-16/h1-10,25H,11-12H2. The lowest BCUT2D eigenvalue weighted by Crippen LogP contribution is -2.00. The van der Waals surface area contributed by atoms with Crippen LogP contribution in [0.3, 0.4) is 0 Å². The molecule has 0 heterocycles. The highest BCUT2D eigenvalue weighted by atomic mass is 79.9. The normalized spacial score (nSPS) is 10.6. The van der Waals surface area contributed by atoms with Gasteiger partial charge in [0.2, 0.25) is 0 Å². The maximum Gasteiger partial charge on any atom is 0.138 e. The van der Waals surface area contributed by atoms with E-state index in [4.69, 9.17) is 39.5 Å². The molecule has 0 unspecified atom stereocenters. The van der Waals surface area contributed by atoms with Crippen molar-refractivity contribution in [3.05, 3.63) is 91.3 Å². The summed E-state index contributed by atoms with van der Waals surface area (Å²) in [5.41, 5.74) is 3.01. The molecule has 0 saturated heterocycles. The Morgan fingerprint density at radius 1 is 0.769 bits per heavy atom. The molecule has 3 aromatic rings. The average Bonchev–Trinajstić information content (AvgIpc) is 2.63. The van der Waals surface area contributed by atoms with Crippen molar-refractivity contribution < 1.29 is 4.74 Å². The maximum absolute atomic E-state index is 6.35. The molecule has 134 valence electrons. The molecule has 0 radical (unpaired) electrons. The largest absolute Gasteiger partial charge is 0.487 e. The van der Waals surface area contributed by atoms with Gasteiger partial charge in [-0.2, -0.15) is 0 Å². The van der Waals surface area contributed by atoms with Gasteiger partial charge in [-0.15, -0.1) is 0 Å². The number of nitrogens with one attached hydrogen (secondary N) is 1. The van der Waals surface area contributed by atoms with E-state index in [1.54, 1.807) is 12.1 Å². The Hall–Kier alpha value is -1.39. The van der Waals surface area contributed by atoms with E-state index in [1.807, 2.05) is 48.5 Å². The molecular weight excluding hydrogens is 456 g/mol. The van der Waals surface area contributed by atoms with Crippen molar-refractivity contribution in [2.24, 2.45) is 0 Å². The third-order valence-electron chi connectivity index (χ3n) is 3.72. The second-order valence-electron chi connectivity index (χ2n) is 5.66. The minimum absolute atomic E-state index is 0.466. The molecule has 0 spiro atoms. The molecule has 0 aliphatic carbocycles. The molecule has 0 bridgehead atoms. The number of hydrogen-bond donors (Lipinski definition) is 1. The summed E-state index contributed by atoms with van der Waals surface area (Å²) in [5, 5.41) is 4.93. The van der Waals surface area contributed by atoms with Gasteiger partial charge in [0.1, 0.15) is 12.4 Å². The number of hydrogen-bond acceptors (Lipinski definition) is 2. The van der Waals surface area contributed by atoms with Gasteiger partial charge < -0.3 is 10.1 Å².